The Kier molecular flexibility index (Phi) is 7.33. The number of benzene rings is 1. The molecule has 11 heteroatoms. The summed E-state index contributed by atoms with van der Waals surface area (Å²) in [5, 5.41) is 18.5. The van der Waals surface area contributed by atoms with E-state index >= 15 is 0 Å². The van der Waals surface area contributed by atoms with Gasteiger partial charge in [-0.1, -0.05) is 0 Å². The fourth-order valence-electron chi connectivity index (χ4n) is 2.71. The van der Waals surface area contributed by atoms with E-state index in [0.29, 0.717) is 30.4 Å². The molecule has 0 atom stereocenters. The van der Waals surface area contributed by atoms with Crippen molar-refractivity contribution in [2.75, 3.05) is 26.1 Å². The number of halogens is 1. The van der Waals surface area contributed by atoms with Crippen molar-refractivity contribution in [1.29, 1.82) is 0 Å². The predicted octanol–water partition coefficient (Wildman–Crippen LogP) is 1.89. The summed E-state index contributed by atoms with van der Waals surface area (Å²) in [6, 6.07) is 2.73. The SMILES string of the molecule is CNC(=O)c1cc(COc2cnc(Nc3cnn(CCCO)c3)nc2)c(F)c(OC)c1. The maximum atomic E-state index is 14.5. The Bertz CT molecular complexity index is 1030. The van der Waals surface area contributed by atoms with Gasteiger partial charge in [-0.3, -0.25) is 9.48 Å². The molecule has 0 radical (unpaired) electrons. The van der Waals surface area contributed by atoms with Crippen LogP contribution in [-0.2, 0) is 13.2 Å². The van der Waals surface area contributed by atoms with Crippen LogP contribution in [0.3, 0.4) is 0 Å². The van der Waals surface area contributed by atoms with Crippen LogP contribution in [0.5, 0.6) is 11.5 Å². The maximum Gasteiger partial charge on any atom is 0.251 e. The van der Waals surface area contributed by atoms with Crippen LogP contribution in [0, 0.1) is 5.82 Å². The van der Waals surface area contributed by atoms with Crippen LogP contribution in [0.2, 0.25) is 0 Å². The van der Waals surface area contributed by atoms with Crippen molar-refractivity contribution in [2.45, 2.75) is 19.6 Å². The number of rotatable bonds is 10. The van der Waals surface area contributed by atoms with Gasteiger partial charge in [0.1, 0.15) is 6.61 Å². The summed E-state index contributed by atoms with van der Waals surface area (Å²) in [5.74, 6) is -0.350. The van der Waals surface area contributed by atoms with E-state index in [2.05, 4.69) is 25.7 Å². The quantitative estimate of drug-likeness (QED) is 0.446. The first kappa shape index (κ1) is 22.0. The molecule has 0 aliphatic carbocycles. The summed E-state index contributed by atoms with van der Waals surface area (Å²) in [4.78, 5) is 20.2. The number of carbonyl (C=O) groups excluding carboxylic acids is 1. The average Bonchev–Trinajstić information content (AvgIpc) is 3.24. The largest absolute Gasteiger partial charge is 0.494 e. The Labute approximate surface area is 178 Å². The number of ether oxygens (including phenoxy) is 2. The zero-order valence-corrected chi connectivity index (χ0v) is 17.1. The van der Waals surface area contributed by atoms with E-state index < -0.39 is 5.82 Å². The van der Waals surface area contributed by atoms with Crippen LogP contribution >= 0.6 is 0 Å². The molecule has 0 aliphatic heterocycles. The van der Waals surface area contributed by atoms with Gasteiger partial charge in [-0.2, -0.15) is 5.10 Å². The van der Waals surface area contributed by atoms with Crippen molar-refractivity contribution in [3.8, 4) is 11.5 Å². The summed E-state index contributed by atoms with van der Waals surface area (Å²) in [7, 11) is 2.81. The summed E-state index contributed by atoms with van der Waals surface area (Å²) in [6.45, 7) is 0.565. The molecule has 0 unspecified atom stereocenters. The van der Waals surface area contributed by atoms with Gasteiger partial charge < -0.3 is 25.2 Å². The first-order chi connectivity index (χ1) is 15.0. The lowest BCUT2D eigenvalue weighted by molar-refractivity contribution is 0.0962. The van der Waals surface area contributed by atoms with Gasteiger partial charge in [0.25, 0.3) is 5.91 Å². The summed E-state index contributed by atoms with van der Waals surface area (Å²) in [5.41, 5.74) is 1.12. The summed E-state index contributed by atoms with van der Waals surface area (Å²) in [6.07, 6.45) is 6.91. The third-order valence-electron chi connectivity index (χ3n) is 4.28. The van der Waals surface area contributed by atoms with Gasteiger partial charge in [0.2, 0.25) is 5.95 Å². The number of aliphatic hydroxyl groups excluding tert-OH is 1. The number of aliphatic hydroxyl groups is 1. The molecule has 0 bridgehead atoms. The number of aromatic nitrogens is 4. The highest BCUT2D eigenvalue weighted by molar-refractivity contribution is 5.94. The fourth-order valence-corrected chi connectivity index (χ4v) is 2.71. The number of aryl methyl sites for hydroxylation is 1. The van der Waals surface area contributed by atoms with E-state index in [0.717, 1.165) is 0 Å². The Morgan fingerprint density at radius 2 is 2.03 bits per heavy atom. The van der Waals surface area contributed by atoms with Crippen LogP contribution in [0.4, 0.5) is 16.0 Å². The normalized spacial score (nSPS) is 10.6. The van der Waals surface area contributed by atoms with Gasteiger partial charge in [-0.25, -0.2) is 14.4 Å². The van der Waals surface area contributed by atoms with Crippen LogP contribution < -0.4 is 20.1 Å². The van der Waals surface area contributed by atoms with Gasteiger partial charge in [-0.15, -0.1) is 0 Å². The number of amides is 1. The van der Waals surface area contributed by atoms with E-state index in [4.69, 9.17) is 14.6 Å². The monoisotopic (exact) mass is 430 g/mol. The lowest BCUT2D eigenvalue weighted by Gasteiger charge is -2.12. The first-order valence-corrected chi connectivity index (χ1v) is 9.47. The number of carbonyl (C=O) groups is 1. The van der Waals surface area contributed by atoms with Gasteiger partial charge in [-0.05, 0) is 18.6 Å². The number of nitrogens with one attached hydrogen (secondary N) is 2. The Morgan fingerprint density at radius 1 is 1.26 bits per heavy atom. The topological polar surface area (TPSA) is 123 Å². The van der Waals surface area contributed by atoms with Gasteiger partial charge in [0.05, 0.1) is 31.4 Å². The second-order valence-electron chi connectivity index (χ2n) is 6.46. The molecular weight excluding hydrogens is 407 g/mol. The molecule has 0 saturated heterocycles. The minimum Gasteiger partial charge on any atom is -0.494 e. The van der Waals surface area contributed by atoms with Gasteiger partial charge in [0, 0.05) is 37.5 Å². The van der Waals surface area contributed by atoms with Crippen LogP contribution in [0.1, 0.15) is 22.3 Å². The molecule has 0 fully saturated rings. The maximum absolute atomic E-state index is 14.5. The number of methoxy groups -OCH3 is 1. The second-order valence-corrected chi connectivity index (χ2v) is 6.46. The standard InChI is InChI=1S/C20H23FN6O4/c1-22-19(29)13-6-14(18(21)17(7-13)30-2)12-31-16-9-23-20(24-10-16)26-15-8-25-27(11-15)4-3-5-28/h6-11,28H,3-5,12H2,1-2H3,(H,22,29)(H,23,24,26). The molecule has 1 aromatic carbocycles. The van der Waals surface area contributed by atoms with Crippen LogP contribution in [0.25, 0.3) is 0 Å². The molecule has 0 saturated carbocycles. The summed E-state index contributed by atoms with van der Waals surface area (Å²) < 4.78 is 26.8. The van der Waals surface area contributed by atoms with E-state index in [9.17, 15) is 9.18 Å². The predicted molar refractivity (Wildman–Crippen MR) is 110 cm³/mol. The minimum atomic E-state index is -0.604. The third-order valence-corrected chi connectivity index (χ3v) is 4.28. The van der Waals surface area contributed by atoms with Crippen molar-refractivity contribution >= 4 is 17.5 Å². The molecule has 3 aromatic rings. The molecule has 3 N–H and O–H groups in total. The highest BCUT2D eigenvalue weighted by Gasteiger charge is 2.15. The van der Waals surface area contributed by atoms with E-state index in [1.807, 2.05) is 0 Å². The van der Waals surface area contributed by atoms with E-state index in [1.165, 1.54) is 38.7 Å². The molecule has 2 heterocycles. The van der Waals surface area contributed by atoms with Crippen molar-refractivity contribution < 1.29 is 23.8 Å². The first-order valence-electron chi connectivity index (χ1n) is 9.47. The number of hydrogen-bond acceptors (Lipinski definition) is 8. The Balaban J connectivity index is 1.64. The minimum absolute atomic E-state index is 0.0463. The number of hydrogen-bond donors (Lipinski definition) is 3. The molecule has 0 aliphatic rings. The lowest BCUT2D eigenvalue weighted by Crippen LogP contribution is -2.18. The zero-order valence-electron chi connectivity index (χ0n) is 17.1. The Morgan fingerprint density at radius 3 is 2.71 bits per heavy atom. The molecule has 10 nitrogen and oxygen atoms in total. The van der Waals surface area contributed by atoms with Crippen molar-refractivity contribution in [3.63, 3.8) is 0 Å². The van der Waals surface area contributed by atoms with E-state index in [1.54, 1.807) is 17.1 Å². The van der Waals surface area contributed by atoms with Crippen molar-refractivity contribution in [2.24, 2.45) is 0 Å². The number of anilines is 2. The van der Waals surface area contributed by atoms with Crippen LogP contribution in [0.15, 0.2) is 36.9 Å². The molecule has 2 aromatic heterocycles. The second kappa shape index (κ2) is 10.3. The van der Waals surface area contributed by atoms with Crippen LogP contribution in [-0.4, -0.2) is 51.5 Å². The van der Waals surface area contributed by atoms with Crippen molar-refractivity contribution in [1.82, 2.24) is 25.1 Å². The smallest absolute Gasteiger partial charge is 0.251 e. The zero-order chi connectivity index (χ0) is 22.2. The molecule has 1 amide bonds. The average molecular weight is 430 g/mol. The molecule has 164 valence electrons. The van der Waals surface area contributed by atoms with Gasteiger partial charge in [0.15, 0.2) is 17.3 Å². The fraction of sp³-hybridized carbons (Fsp3) is 0.300. The summed E-state index contributed by atoms with van der Waals surface area (Å²) >= 11 is 0. The lowest BCUT2D eigenvalue weighted by atomic mass is 10.1. The number of nitrogens with zero attached hydrogens (tertiary/aromatic N) is 4. The van der Waals surface area contributed by atoms with Gasteiger partial charge >= 0.3 is 0 Å². The highest BCUT2D eigenvalue weighted by Crippen LogP contribution is 2.24. The molecule has 31 heavy (non-hydrogen) atoms. The van der Waals surface area contributed by atoms with E-state index in [-0.39, 0.29) is 36.0 Å². The van der Waals surface area contributed by atoms with Crippen molar-refractivity contribution in [3.05, 3.63) is 53.9 Å². The molecular formula is C20H23FN6O4. The highest BCUT2D eigenvalue weighted by atomic mass is 19.1. The Hall–Kier alpha value is -3.73. The molecule has 3 rings (SSSR count). The molecule has 0 spiro atoms. The third kappa shape index (κ3) is 5.66.